The molecule has 2 aliphatic rings. The van der Waals surface area contributed by atoms with Gasteiger partial charge in [-0.25, -0.2) is 0 Å². The molecule has 88 valence electrons. The van der Waals surface area contributed by atoms with Gasteiger partial charge in [0.1, 0.15) is 0 Å². The quantitative estimate of drug-likeness (QED) is 0.825. The first-order chi connectivity index (χ1) is 8.29. The van der Waals surface area contributed by atoms with Crippen LogP contribution >= 0.6 is 11.6 Å². The minimum atomic E-state index is 0.570. The van der Waals surface area contributed by atoms with Crippen LogP contribution in [0.15, 0.2) is 18.2 Å². The van der Waals surface area contributed by atoms with Crippen LogP contribution in [0, 0.1) is 17.2 Å². The maximum Gasteiger partial charge on any atom is 0.0992 e. The van der Waals surface area contributed by atoms with Crippen molar-refractivity contribution in [1.29, 1.82) is 5.26 Å². The predicted molar refractivity (Wildman–Crippen MR) is 68.3 cm³/mol. The maximum atomic E-state index is 8.84. The van der Waals surface area contributed by atoms with Gasteiger partial charge in [-0.3, -0.25) is 0 Å². The molecule has 2 atom stereocenters. The van der Waals surface area contributed by atoms with Crippen molar-refractivity contribution in [2.24, 2.45) is 5.92 Å². The lowest BCUT2D eigenvalue weighted by Gasteiger charge is -2.26. The lowest BCUT2D eigenvalue weighted by molar-refractivity contribution is 0.579. The molecule has 3 rings (SSSR count). The number of halogens is 1. The number of benzene rings is 1. The normalized spacial score (nSPS) is 26.9. The molecular formula is C13H14ClN3. The second-order valence-electron chi connectivity index (χ2n) is 4.75. The maximum absolute atomic E-state index is 8.84. The molecule has 0 bridgehead atoms. The Morgan fingerprint density at radius 1 is 1.41 bits per heavy atom. The van der Waals surface area contributed by atoms with Gasteiger partial charge in [0.15, 0.2) is 0 Å². The highest BCUT2D eigenvalue weighted by Crippen LogP contribution is 2.36. The summed E-state index contributed by atoms with van der Waals surface area (Å²) in [6, 6.07) is 8.26. The third-order valence-corrected chi connectivity index (χ3v) is 4.13. The lowest BCUT2D eigenvalue weighted by Crippen LogP contribution is -2.34. The zero-order valence-corrected chi connectivity index (χ0v) is 10.2. The van der Waals surface area contributed by atoms with Gasteiger partial charge in [0.05, 0.1) is 22.3 Å². The minimum absolute atomic E-state index is 0.570. The van der Waals surface area contributed by atoms with E-state index in [-0.39, 0.29) is 0 Å². The minimum Gasteiger partial charge on any atom is -0.366 e. The molecule has 0 saturated carbocycles. The topological polar surface area (TPSA) is 39.1 Å². The Morgan fingerprint density at radius 3 is 3.06 bits per heavy atom. The first-order valence-electron chi connectivity index (χ1n) is 5.96. The fourth-order valence-corrected chi connectivity index (χ4v) is 3.25. The van der Waals surface area contributed by atoms with E-state index in [0.29, 0.717) is 16.6 Å². The largest absolute Gasteiger partial charge is 0.366 e. The monoisotopic (exact) mass is 247 g/mol. The zero-order valence-electron chi connectivity index (χ0n) is 9.49. The number of fused-ring (bicyclic) bond motifs is 1. The summed E-state index contributed by atoms with van der Waals surface area (Å²) in [4.78, 5) is 2.38. The molecule has 0 unspecified atom stereocenters. The lowest BCUT2D eigenvalue weighted by atomic mass is 10.0. The molecule has 1 aromatic carbocycles. The number of hydrogen-bond donors (Lipinski definition) is 1. The van der Waals surface area contributed by atoms with Crippen molar-refractivity contribution in [3.63, 3.8) is 0 Å². The summed E-state index contributed by atoms with van der Waals surface area (Å²) in [6.45, 7) is 3.23. The highest BCUT2D eigenvalue weighted by molar-refractivity contribution is 6.33. The number of hydrogen-bond acceptors (Lipinski definition) is 3. The third-order valence-electron chi connectivity index (χ3n) is 3.83. The van der Waals surface area contributed by atoms with Crippen LogP contribution in [-0.4, -0.2) is 25.7 Å². The van der Waals surface area contributed by atoms with Gasteiger partial charge in [-0.1, -0.05) is 11.6 Å². The average molecular weight is 248 g/mol. The molecule has 0 aliphatic carbocycles. The summed E-state index contributed by atoms with van der Waals surface area (Å²) in [5.41, 5.74) is 1.70. The van der Waals surface area contributed by atoms with Gasteiger partial charge in [-0.2, -0.15) is 5.26 Å². The molecule has 2 heterocycles. The molecule has 4 heteroatoms. The standard InChI is InChI=1S/C13H14ClN3/c14-11-5-9(6-15)1-2-12(11)17-4-3-10-7-16-8-13(10)17/h1-2,5,10,13,16H,3-4,7-8H2/t10-,13+/m0/s1. The summed E-state index contributed by atoms with van der Waals surface area (Å²) >= 11 is 6.27. The van der Waals surface area contributed by atoms with E-state index < -0.39 is 0 Å². The van der Waals surface area contributed by atoms with Crippen molar-refractivity contribution < 1.29 is 0 Å². The van der Waals surface area contributed by atoms with Crippen LogP contribution in [0.4, 0.5) is 5.69 Å². The summed E-state index contributed by atoms with van der Waals surface area (Å²) in [5, 5.41) is 13.0. The van der Waals surface area contributed by atoms with Crippen molar-refractivity contribution in [3.8, 4) is 6.07 Å². The van der Waals surface area contributed by atoms with Crippen molar-refractivity contribution in [2.75, 3.05) is 24.5 Å². The molecule has 17 heavy (non-hydrogen) atoms. The van der Waals surface area contributed by atoms with Gasteiger partial charge >= 0.3 is 0 Å². The molecule has 0 radical (unpaired) electrons. The van der Waals surface area contributed by atoms with Crippen LogP contribution in [0.3, 0.4) is 0 Å². The fourth-order valence-electron chi connectivity index (χ4n) is 2.96. The van der Waals surface area contributed by atoms with Crippen LogP contribution in [0.2, 0.25) is 5.02 Å². The Hall–Kier alpha value is -1.24. The number of anilines is 1. The highest BCUT2D eigenvalue weighted by atomic mass is 35.5. The number of rotatable bonds is 1. The molecule has 3 nitrogen and oxygen atoms in total. The molecule has 2 aliphatic heterocycles. The van der Waals surface area contributed by atoms with Crippen LogP contribution in [0.1, 0.15) is 12.0 Å². The van der Waals surface area contributed by atoms with Gasteiger partial charge in [0, 0.05) is 25.7 Å². The van der Waals surface area contributed by atoms with Crippen LogP contribution in [0.5, 0.6) is 0 Å². The van der Waals surface area contributed by atoms with Gasteiger partial charge in [-0.05, 0) is 30.5 Å². The van der Waals surface area contributed by atoms with Gasteiger partial charge < -0.3 is 10.2 Å². The Labute approximate surface area is 106 Å². The van der Waals surface area contributed by atoms with Crippen LogP contribution in [-0.2, 0) is 0 Å². The smallest absolute Gasteiger partial charge is 0.0992 e. The van der Waals surface area contributed by atoms with Crippen molar-refractivity contribution in [2.45, 2.75) is 12.5 Å². The first kappa shape index (κ1) is 10.9. The van der Waals surface area contributed by atoms with Crippen molar-refractivity contribution in [3.05, 3.63) is 28.8 Å². The van der Waals surface area contributed by atoms with E-state index in [9.17, 15) is 0 Å². The number of nitrogens with one attached hydrogen (secondary N) is 1. The second-order valence-corrected chi connectivity index (χ2v) is 5.15. The number of nitrogens with zero attached hydrogens (tertiary/aromatic N) is 2. The fraction of sp³-hybridized carbons (Fsp3) is 0.462. The van der Waals surface area contributed by atoms with Crippen LogP contribution in [0.25, 0.3) is 0 Å². The van der Waals surface area contributed by atoms with E-state index in [1.807, 2.05) is 12.1 Å². The average Bonchev–Trinajstić information content (AvgIpc) is 2.91. The highest BCUT2D eigenvalue weighted by Gasteiger charge is 2.38. The molecule has 0 amide bonds. The molecule has 0 aromatic heterocycles. The second kappa shape index (κ2) is 4.21. The van der Waals surface area contributed by atoms with Gasteiger partial charge in [0.2, 0.25) is 0 Å². The summed E-state index contributed by atoms with van der Waals surface area (Å²) in [5.74, 6) is 0.752. The van der Waals surface area contributed by atoms with Crippen LogP contribution < -0.4 is 10.2 Å². The Balaban J connectivity index is 1.92. The summed E-state index contributed by atoms with van der Waals surface area (Å²) in [6.07, 6.45) is 1.23. The van der Waals surface area contributed by atoms with E-state index in [2.05, 4.69) is 16.3 Å². The number of nitriles is 1. The first-order valence-corrected chi connectivity index (χ1v) is 6.34. The third kappa shape index (κ3) is 1.78. The van der Waals surface area contributed by atoms with E-state index in [1.54, 1.807) is 6.07 Å². The molecular weight excluding hydrogens is 234 g/mol. The van der Waals surface area contributed by atoms with E-state index in [1.165, 1.54) is 6.42 Å². The van der Waals surface area contributed by atoms with Crippen molar-refractivity contribution >= 4 is 17.3 Å². The molecule has 0 spiro atoms. The zero-order chi connectivity index (χ0) is 11.8. The van der Waals surface area contributed by atoms with Gasteiger partial charge in [-0.15, -0.1) is 0 Å². The molecule has 2 saturated heterocycles. The molecule has 1 aromatic rings. The van der Waals surface area contributed by atoms with Gasteiger partial charge in [0.25, 0.3) is 0 Å². The van der Waals surface area contributed by atoms with E-state index in [4.69, 9.17) is 16.9 Å². The Morgan fingerprint density at radius 2 is 2.29 bits per heavy atom. The van der Waals surface area contributed by atoms with E-state index >= 15 is 0 Å². The van der Waals surface area contributed by atoms with E-state index in [0.717, 1.165) is 31.2 Å². The Kier molecular flexibility index (Phi) is 2.70. The Bertz CT molecular complexity index is 480. The summed E-state index contributed by atoms with van der Waals surface area (Å²) < 4.78 is 0. The van der Waals surface area contributed by atoms with Crippen molar-refractivity contribution in [1.82, 2.24) is 5.32 Å². The molecule has 2 fully saturated rings. The summed E-state index contributed by atoms with van der Waals surface area (Å²) in [7, 11) is 0. The predicted octanol–water partition coefficient (Wildman–Crippen LogP) is 2.01. The molecule has 1 N–H and O–H groups in total. The SMILES string of the molecule is N#Cc1ccc(N2CC[C@H]3CNC[C@H]32)c(Cl)c1.